The quantitative estimate of drug-likeness (QED) is 0.166. The smallest absolute Gasteiger partial charge is 0.267 e. The molecule has 0 bridgehead atoms. The molecule has 42 heavy (non-hydrogen) atoms. The predicted molar refractivity (Wildman–Crippen MR) is 171 cm³/mol. The predicted octanol–water partition coefficient (Wildman–Crippen LogP) is 8.78. The standard InChI is InChI=1S/C33H28Cl2N2O4S/c1-3-40-29-18-23(17-28(35)31(29)41-21-24-9-7-8-12-27(24)34)19-30-32(38)37(20-22-13-15-26(39-2)16-14-22)33(42-30)36-25-10-5-4-6-11-25/h4-19H,3,20-21H2,1-2H3/b30-19-,36-33?. The fraction of sp³-hybridized carbons (Fsp3) is 0.152. The number of para-hydroxylation sites is 1. The number of nitrogens with zero attached hydrogens (tertiary/aromatic N) is 2. The van der Waals surface area contributed by atoms with E-state index in [0.29, 0.717) is 50.3 Å². The number of rotatable bonds is 10. The van der Waals surface area contributed by atoms with Crippen LogP contribution in [0.2, 0.25) is 10.0 Å². The van der Waals surface area contributed by atoms with Gasteiger partial charge in [0.15, 0.2) is 16.7 Å². The van der Waals surface area contributed by atoms with Crippen molar-refractivity contribution in [1.29, 1.82) is 0 Å². The maximum atomic E-state index is 13.7. The SMILES string of the molecule is CCOc1cc(/C=C2\SC(=Nc3ccccc3)N(Cc3ccc(OC)cc3)C2=O)cc(Cl)c1OCc1ccccc1Cl. The van der Waals surface area contributed by atoms with E-state index in [0.717, 1.165) is 22.6 Å². The molecule has 1 amide bonds. The molecular weight excluding hydrogens is 591 g/mol. The average molecular weight is 620 g/mol. The minimum Gasteiger partial charge on any atom is -0.497 e. The van der Waals surface area contributed by atoms with Gasteiger partial charge in [-0.25, -0.2) is 4.99 Å². The van der Waals surface area contributed by atoms with Crippen LogP contribution in [0.1, 0.15) is 23.6 Å². The van der Waals surface area contributed by atoms with Gasteiger partial charge in [0.05, 0.1) is 35.9 Å². The number of methoxy groups -OCH3 is 1. The number of aliphatic imine (C=N–C) groups is 1. The van der Waals surface area contributed by atoms with Crippen molar-refractivity contribution in [2.24, 2.45) is 4.99 Å². The molecule has 1 aliphatic rings. The first-order valence-corrected chi connectivity index (χ1v) is 14.8. The molecule has 1 saturated heterocycles. The van der Waals surface area contributed by atoms with Gasteiger partial charge in [-0.15, -0.1) is 0 Å². The topological polar surface area (TPSA) is 60.4 Å². The summed E-state index contributed by atoms with van der Waals surface area (Å²) < 4.78 is 17.2. The Balaban J connectivity index is 1.45. The van der Waals surface area contributed by atoms with Gasteiger partial charge in [0.2, 0.25) is 0 Å². The minimum atomic E-state index is -0.154. The number of benzene rings is 4. The van der Waals surface area contributed by atoms with Crippen molar-refractivity contribution < 1.29 is 19.0 Å². The number of halogens is 2. The third-order valence-corrected chi connectivity index (χ3v) is 7.98. The molecule has 0 aliphatic carbocycles. The molecule has 0 saturated carbocycles. The second-order valence-corrected chi connectivity index (χ2v) is 11.0. The first-order chi connectivity index (χ1) is 20.4. The Bertz CT molecular complexity index is 1630. The summed E-state index contributed by atoms with van der Waals surface area (Å²) in [5.41, 5.74) is 3.25. The van der Waals surface area contributed by atoms with Gasteiger partial charge in [-0.05, 0) is 78.4 Å². The van der Waals surface area contributed by atoms with E-state index in [1.165, 1.54) is 11.8 Å². The second-order valence-electron chi connectivity index (χ2n) is 9.22. The van der Waals surface area contributed by atoms with Crippen LogP contribution in [0.15, 0.2) is 101 Å². The van der Waals surface area contributed by atoms with Gasteiger partial charge >= 0.3 is 0 Å². The van der Waals surface area contributed by atoms with Crippen molar-refractivity contribution in [2.75, 3.05) is 13.7 Å². The lowest BCUT2D eigenvalue weighted by atomic mass is 10.1. The van der Waals surface area contributed by atoms with Gasteiger partial charge in [-0.2, -0.15) is 0 Å². The number of amides is 1. The lowest BCUT2D eigenvalue weighted by Gasteiger charge is -2.16. The van der Waals surface area contributed by atoms with E-state index < -0.39 is 0 Å². The van der Waals surface area contributed by atoms with Crippen molar-refractivity contribution in [3.05, 3.63) is 123 Å². The summed E-state index contributed by atoms with van der Waals surface area (Å²) in [6.07, 6.45) is 1.80. The third kappa shape index (κ3) is 7.10. The Labute approximate surface area is 259 Å². The van der Waals surface area contributed by atoms with Gasteiger partial charge in [-0.1, -0.05) is 71.7 Å². The molecule has 0 unspecified atom stereocenters. The Kier molecular flexibility index (Phi) is 9.74. The van der Waals surface area contributed by atoms with Crippen molar-refractivity contribution in [1.82, 2.24) is 4.90 Å². The lowest BCUT2D eigenvalue weighted by Crippen LogP contribution is -2.28. The first-order valence-electron chi connectivity index (χ1n) is 13.3. The number of ether oxygens (including phenoxy) is 3. The fourth-order valence-corrected chi connectivity index (χ4v) is 5.71. The highest BCUT2D eigenvalue weighted by Crippen LogP contribution is 2.40. The summed E-state index contributed by atoms with van der Waals surface area (Å²) in [6.45, 7) is 2.89. The van der Waals surface area contributed by atoms with Crippen LogP contribution in [0.3, 0.4) is 0 Å². The summed E-state index contributed by atoms with van der Waals surface area (Å²) >= 11 is 14.3. The van der Waals surface area contributed by atoms with Crippen molar-refractivity contribution in [3.8, 4) is 17.2 Å². The van der Waals surface area contributed by atoms with Crippen LogP contribution in [0.25, 0.3) is 6.08 Å². The van der Waals surface area contributed by atoms with Crippen molar-refractivity contribution in [3.63, 3.8) is 0 Å². The maximum Gasteiger partial charge on any atom is 0.267 e. The van der Waals surface area contributed by atoms with E-state index >= 15 is 0 Å². The molecular formula is C33H28Cl2N2O4S. The largest absolute Gasteiger partial charge is 0.497 e. The fourth-order valence-electron chi connectivity index (χ4n) is 4.25. The molecule has 0 aromatic heterocycles. The molecule has 0 atom stereocenters. The number of thioether (sulfide) groups is 1. The van der Waals surface area contributed by atoms with Gasteiger partial charge in [-0.3, -0.25) is 9.69 Å². The zero-order valence-electron chi connectivity index (χ0n) is 23.1. The number of hydrogen-bond acceptors (Lipinski definition) is 6. The molecule has 4 aromatic carbocycles. The monoisotopic (exact) mass is 618 g/mol. The van der Waals surface area contributed by atoms with E-state index in [1.54, 1.807) is 24.2 Å². The summed E-state index contributed by atoms with van der Waals surface area (Å²) in [6, 6.07) is 28.2. The van der Waals surface area contributed by atoms with Gasteiger partial charge in [0.25, 0.3) is 5.91 Å². The summed E-state index contributed by atoms with van der Waals surface area (Å²) in [5.74, 6) is 1.49. The van der Waals surface area contributed by atoms with E-state index in [2.05, 4.69) is 0 Å². The van der Waals surface area contributed by atoms with Crippen LogP contribution in [-0.4, -0.2) is 29.7 Å². The molecule has 1 heterocycles. The van der Waals surface area contributed by atoms with Crippen molar-refractivity contribution in [2.45, 2.75) is 20.1 Å². The van der Waals surface area contributed by atoms with Crippen LogP contribution in [-0.2, 0) is 17.9 Å². The summed E-state index contributed by atoms with van der Waals surface area (Å²) in [4.78, 5) is 20.7. The Morgan fingerprint density at radius 2 is 1.64 bits per heavy atom. The zero-order chi connectivity index (χ0) is 29.5. The average Bonchev–Trinajstić information content (AvgIpc) is 3.27. The first kappa shape index (κ1) is 29.6. The molecule has 6 nitrogen and oxygen atoms in total. The lowest BCUT2D eigenvalue weighted by molar-refractivity contribution is -0.122. The van der Waals surface area contributed by atoms with E-state index in [9.17, 15) is 4.79 Å². The number of carbonyl (C=O) groups excluding carboxylic acids is 1. The highest BCUT2D eigenvalue weighted by molar-refractivity contribution is 8.18. The molecule has 9 heteroatoms. The minimum absolute atomic E-state index is 0.154. The maximum absolute atomic E-state index is 13.7. The molecule has 0 N–H and O–H groups in total. The summed E-state index contributed by atoms with van der Waals surface area (Å²) in [5, 5.41) is 1.56. The Hall–Kier alpha value is -3.91. The normalized spacial score (nSPS) is 15.0. The van der Waals surface area contributed by atoms with Crippen LogP contribution >= 0.6 is 35.0 Å². The van der Waals surface area contributed by atoms with Crippen LogP contribution < -0.4 is 14.2 Å². The molecule has 4 aromatic rings. The second kappa shape index (κ2) is 13.8. The zero-order valence-corrected chi connectivity index (χ0v) is 25.4. The molecule has 5 rings (SSSR count). The molecule has 1 aliphatic heterocycles. The van der Waals surface area contributed by atoms with Gasteiger partial charge < -0.3 is 14.2 Å². The third-order valence-electron chi connectivity index (χ3n) is 6.33. The molecule has 214 valence electrons. The van der Waals surface area contributed by atoms with E-state index in [1.807, 2.05) is 91.9 Å². The number of amidine groups is 1. The Morgan fingerprint density at radius 1 is 0.905 bits per heavy atom. The molecule has 0 radical (unpaired) electrons. The molecule has 0 spiro atoms. The van der Waals surface area contributed by atoms with Crippen molar-refractivity contribution >= 4 is 57.8 Å². The van der Waals surface area contributed by atoms with Crippen LogP contribution in [0, 0.1) is 0 Å². The number of carbonyl (C=O) groups is 1. The Morgan fingerprint density at radius 3 is 2.36 bits per heavy atom. The van der Waals surface area contributed by atoms with Gasteiger partial charge in [0.1, 0.15) is 12.4 Å². The highest BCUT2D eigenvalue weighted by atomic mass is 35.5. The summed E-state index contributed by atoms with van der Waals surface area (Å²) in [7, 11) is 1.62. The number of hydrogen-bond donors (Lipinski definition) is 0. The van der Waals surface area contributed by atoms with Crippen LogP contribution in [0.4, 0.5) is 5.69 Å². The molecule has 1 fully saturated rings. The van der Waals surface area contributed by atoms with E-state index in [4.69, 9.17) is 42.4 Å². The van der Waals surface area contributed by atoms with Gasteiger partial charge in [0, 0.05) is 10.6 Å². The highest BCUT2D eigenvalue weighted by Gasteiger charge is 2.33. The van der Waals surface area contributed by atoms with Crippen LogP contribution in [0.5, 0.6) is 17.2 Å². The van der Waals surface area contributed by atoms with E-state index in [-0.39, 0.29) is 12.5 Å².